The molecule has 1 aliphatic rings. The average Bonchev–Trinajstić information content (AvgIpc) is 3.18. The predicted molar refractivity (Wildman–Crippen MR) is 146 cm³/mol. The van der Waals surface area contributed by atoms with E-state index in [9.17, 15) is 19.1 Å². The van der Waals surface area contributed by atoms with E-state index in [1.54, 1.807) is 23.1 Å². The normalized spacial score (nSPS) is 16.6. The fourth-order valence-electron chi connectivity index (χ4n) is 4.83. The summed E-state index contributed by atoms with van der Waals surface area (Å²) in [6, 6.07) is 18.1. The number of nitrogens with zero attached hydrogens (tertiary/aromatic N) is 1. The minimum atomic E-state index is -0.956. The summed E-state index contributed by atoms with van der Waals surface area (Å²) < 4.78 is 20.2. The van der Waals surface area contributed by atoms with Crippen molar-refractivity contribution in [1.29, 1.82) is 0 Å². The molecule has 200 valence electrons. The lowest BCUT2D eigenvalue weighted by Gasteiger charge is -2.24. The van der Waals surface area contributed by atoms with Crippen molar-refractivity contribution in [3.63, 3.8) is 0 Å². The Kier molecular flexibility index (Phi) is 7.84. The van der Waals surface area contributed by atoms with Crippen LogP contribution in [-0.2, 0) is 29.6 Å². The van der Waals surface area contributed by atoms with Crippen LogP contribution in [0.25, 0.3) is 0 Å². The largest absolute Gasteiger partial charge is 0.487 e. The zero-order valence-electron chi connectivity index (χ0n) is 22.2. The van der Waals surface area contributed by atoms with Gasteiger partial charge in [-0.2, -0.15) is 0 Å². The highest BCUT2D eigenvalue weighted by Gasteiger charge is 2.36. The van der Waals surface area contributed by atoms with Gasteiger partial charge in [-0.25, -0.2) is 4.39 Å². The number of fused-ring (bicyclic) bond motifs is 1. The number of hydrogen-bond donors (Lipinski definition) is 1. The van der Waals surface area contributed by atoms with Crippen LogP contribution in [0.3, 0.4) is 0 Å². The van der Waals surface area contributed by atoms with Gasteiger partial charge in [-0.1, -0.05) is 62.7 Å². The zero-order valence-corrected chi connectivity index (χ0v) is 22.9. The van der Waals surface area contributed by atoms with E-state index in [1.807, 2.05) is 25.1 Å². The highest BCUT2D eigenvalue weighted by molar-refractivity contribution is 6.30. The van der Waals surface area contributed by atoms with E-state index in [4.69, 9.17) is 16.3 Å². The van der Waals surface area contributed by atoms with E-state index < -0.39 is 17.4 Å². The van der Waals surface area contributed by atoms with Gasteiger partial charge in [0.25, 0.3) is 5.91 Å². The number of amides is 1. The highest BCUT2D eigenvalue weighted by atomic mass is 35.5. The third-order valence-corrected chi connectivity index (χ3v) is 7.17. The fraction of sp³-hybridized carbons (Fsp3) is 0.355. The first kappa shape index (κ1) is 27.6. The molecule has 1 N–H and O–H groups in total. The number of carboxylic acids is 1. The average molecular weight is 538 g/mol. The monoisotopic (exact) mass is 537 g/mol. The van der Waals surface area contributed by atoms with Gasteiger partial charge in [-0.3, -0.25) is 9.59 Å². The van der Waals surface area contributed by atoms with Gasteiger partial charge in [0, 0.05) is 31.5 Å². The van der Waals surface area contributed by atoms with Crippen molar-refractivity contribution in [2.75, 3.05) is 6.54 Å². The molecule has 1 atom stereocenters. The lowest BCUT2D eigenvalue weighted by atomic mass is 9.87. The van der Waals surface area contributed by atoms with Gasteiger partial charge < -0.3 is 14.7 Å². The Bertz CT molecular complexity index is 1350. The van der Waals surface area contributed by atoms with Crippen molar-refractivity contribution >= 4 is 23.5 Å². The van der Waals surface area contributed by atoms with Crippen molar-refractivity contribution in [1.82, 2.24) is 4.90 Å². The van der Waals surface area contributed by atoms with Gasteiger partial charge in [0.15, 0.2) is 0 Å². The summed E-state index contributed by atoms with van der Waals surface area (Å²) in [6.07, 6.45) is 0.890. The molecular weight excluding hydrogens is 505 g/mol. The second kappa shape index (κ2) is 10.8. The van der Waals surface area contributed by atoms with E-state index in [0.717, 1.165) is 16.7 Å². The van der Waals surface area contributed by atoms with E-state index in [-0.39, 0.29) is 29.3 Å². The van der Waals surface area contributed by atoms with Crippen molar-refractivity contribution in [2.24, 2.45) is 0 Å². The zero-order chi connectivity index (χ0) is 27.7. The third kappa shape index (κ3) is 6.54. The number of carboxylic acid groups (broad SMARTS) is 1. The van der Waals surface area contributed by atoms with E-state index >= 15 is 0 Å². The number of benzene rings is 3. The van der Waals surface area contributed by atoms with Crippen LogP contribution >= 0.6 is 11.6 Å². The molecule has 3 aromatic rings. The summed E-state index contributed by atoms with van der Waals surface area (Å²) in [5.41, 5.74) is 3.68. The fourth-order valence-corrected chi connectivity index (χ4v) is 4.95. The number of hydrogen-bond acceptors (Lipinski definition) is 3. The van der Waals surface area contributed by atoms with Crippen LogP contribution in [-0.4, -0.2) is 34.0 Å². The Labute approximate surface area is 228 Å². The summed E-state index contributed by atoms with van der Waals surface area (Å²) in [5, 5.41) is 9.34. The van der Waals surface area contributed by atoms with Gasteiger partial charge in [0.2, 0.25) is 0 Å². The van der Waals surface area contributed by atoms with Gasteiger partial charge >= 0.3 is 5.97 Å². The maximum absolute atomic E-state index is 13.9. The van der Waals surface area contributed by atoms with Gasteiger partial charge in [0.05, 0.1) is 11.4 Å². The van der Waals surface area contributed by atoms with Crippen LogP contribution in [0.5, 0.6) is 5.75 Å². The first-order valence-corrected chi connectivity index (χ1v) is 13.1. The maximum atomic E-state index is 13.9. The topological polar surface area (TPSA) is 66.8 Å². The van der Waals surface area contributed by atoms with Crippen LogP contribution in [0, 0.1) is 5.82 Å². The third-order valence-electron chi connectivity index (χ3n) is 6.87. The summed E-state index contributed by atoms with van der Waals surface area (Å²) in [6.45, 7) is 8.79. The molecule has 5 nitrogen and oxygen atoms in total. The van der Waals surface area contributed by atoms with Crippen molar-refractivity contribution in [2.45, 2.75) is 64.5 Å². The molecule has 0 spiro atoms. The first-order valence-electron chi connectivity index (χ1n) is 12.7. The first-order chi connectivity index (χ1) is 17.8. The molecule has 4 rings (SSSR count). The molecule has 1 heterocycles. The Morgan fingerprint density at radius 2 is 1.74 bits per heavy atom. The van der Waals surface area contributed by atoms with E-state index in [0.29, 0.717) is 30.7 Å². The summed E-state index contributed by atoms with van der Waals surface area (Å²) >= 11 is 5.82. The second-order valence-corrected chi connectivity index (χ2v) is 11.7. The molecule has 38 heavy (non-hydrogen) atoms. The molecule has 1 amide bonds. The van der Waals surface area contributed by atoms with Crippen molar-refractivity contribution < 1.29 is 23.8 Å². The Morgan fingerprint density at radius 1 is 1.05 bits per heavy atom. The molecule has 7 heteroatoms. The van der Waals surface area contributed by atoms with E-state index in [2.05, 4.69) is 32.9 Å². The van der Waals surface area contributed by atoms with Crippen LogP contribution < -0.4 is 4.74 Å². The Hall–Kier alpha value is -3.38. The molecule has 0 saturated carbocycles. The number of halogens is 2. The van der Waals surface area contributed by atoms with Crippen molar-refractivity contribution in [3.05, 3.63) is 99.3 Å². The molecule has 0 fully saturated rings. The molecule has 0 radical (unpaired) electrons. The SMILES string of the molecule is CC(C)(C)c1ccc(CN(CCC(=O)O)C(=O)c2ccc3c(c2)C[C@](C)(Cc2ccc(Cl)c(F)c2)O3)cc1. The number of aliphatic carboxylic acids is 1. The lowest BCUT2D eigenvalue weighted by molar-refractivity contribution is -0.137. The van der Waals surface area contributed by atoms with Crippen LogP contribution in [0.1, 0.15) is 66.7 Å². The summed E-state index contributed by atoms with van der Waals surface area (Å²) in [7, 11) is 0. The molecule has 0 saturated heterocycles. The Balaban J connectivity index is 1.52. The van der Waals surface area contributed by atoms with Crippen LogP contribution in [0.15, 0.2) is 60.7 Å². The van der Waals surface area contributed by atoms with E-state index in [1.165, 1.54) is 17.7 Å². The molecule has 0 aromatic heterocycles. The molecular formula is C31H33ClFNO4. The second-order valence-electron chi connectivity index (χ2n) is 11.3. The minimum Gasteiger partial charge on any atom is -0.487 e. The molecule has 0 unspecified atom stereocenters. The predicted octanol–water partition coefficient (Wildman–Crippen LogP) is 6.83. The quantitative estimate of drug-likeness (QED) is 0.342. The maximum Gasteiger partial charge on any atom is 0.305 e. The number of rotatable bonds is 8. The number of carbonyl (C=O) groups excluding carboxylic acids is 1. The Morgan fingerprint density at radius 3 is 2.37 bits per heavy atom. The number of carbonyl (C=O) groups is 2. The molecule has 1 aliphatic heterocycles. The summed E-state index contributed by atoms with van der Waals surface area (Å²) in [5.74, 6) is -0.969. The molecule has 3 aromatic carbocycles. The number of ether oxygens (including phenoxy) is 1. The standard InChI is InChI=1S/C31H33ClFNO4/c1-30(2,3)24-9-5-20(6-10-24)19-34(14-13-28(35)36)29(37)22-8-12-27-23(16-22)18-31(4,38-27)17-21-7-11-25(32)26(33)15-21/h5-12,15-16H,13-14,17-19H2,1-4H3,(H,35,36)/t31-/m0/s1. The molecule has 0 bridgehead atoms. The minimum absolute atomic E-state index is 0.0139. The highest BCUT2D eigenvalue weighted by Crippen LogP contribution is 2.38. The van der Waals surface area contributed by atoms with Gasteiger partial charge in [0.1, 0.15) is 17.2 Å². The smallest absolute Gasteiger partial charge is 0.305 e. The summed E-state index contributed by atoms with van der Waals surface area (Å²) in [4.78, 5) is 26.4. The lowest BCUT2D eigenvalue weighted by Crippen LogP contribution is -2.33. The van der Waals surface area contributed by atoms with Gasteiger partial charge in [-0.05, 0) is 64.9 Å². The molecule has 0 aliphatic carbocycles. The van der Waals surface area contributed by atoms with Crippen LogP contribution in [0.2, 0.25) is 5.02 Å². The van der Waals surface area contributed by atoms with Gasteiger partial charge in [-0.15, -0.1) is 0 Å². The van der Waals surface area contributed by atoms with Crippen molar-refractivity contribution in [3.8, 4) is 5.75 Å². The van der Waals surface area contributed by atoms with Crippen LogP contribution in [0.4, 0.5) is 4.39 Å².